The average molecular weight is 495 g/mol. The standard InChI is InChI=1S/C22H25F3N6O2S/c1-12-15(13(2)31-21(26-12)27-20(30-31)22(23,24)25)9-10-18(32)28-29-19(33)17-11-14-7-5-3-4-6-8-16(14)34-17/h11H,3-10H2,1-2H3,(H,28,32)(H,29,33). The normalized spacial score (nSPS) is 14.4. The van der Waals surface area contributed by atoms with Crippen molar-refractivity contribution >= 4 is 28.9 Å². The van der Waals surface area contributed by atoms with Crippen LogP contribution < -0.4 is 10.9 Å². The lowest BCUT2D eigenvalue weighted by Crippen LogP contribution is -2.41. The molecule has 0 aromatic carbocycles. The molecule has 0 radical (unpaired) electrons. The molecule has 12 heteroatoms. The third-order valence-corrected chi connectivity index (χ3v) is 7.18. The van der Waals surface area contributed by atoms with Gasteiger partial charge in [-0.15, -0.1) is 16.4 Å². The molecule has 0 saturated carbocycles. The predicted octanol–water partition coefficient (Wildman–Crippen LogP) is 3.87. The second kappa shape index (κ2) is 9.69. The number of amides is 2. The number of carbonyl (C=O) groups is 2. The van der Waals surface area contributed by atoms with Crippen LogP contribution in [-0.2, 0) is 30.2 Å². The molecule has 0 fully saturated rings. The maximum atomic E-state index is 12.9. The lowest BCUT2D eigenvalue weighted by Gasteiger charge is -2.11. The van der Waals surface area contributed by atoms with Crippen molar-refractivity contribution in [3.63, 3.8) is 0 Å². The topological polar surface area (TPSA) is 101 Å². The third kappa shape index (κ3) is 5.21. The summed E-state index contributed by atoms with van der Waals surface area (Å²) < 4.78 is 39.8. The predicted molar refractivity (Wildman–Crippen MR) is 119 cm³/mol. The molecule has 2 N–H and O–H groups in total. The highest BCUT2D eigenvalue weighted by Gasteiger charge is 2.37. The molecule has 182 valence electrons. The van der Waals surface area contributed by atoms with Gasteiger partial charge in [0.15, 0.2) is 0 Å². The number of hydrogen-bond donors (Lipinski definition) is 2. The highest BCUT2D eigenvalue weighted by atomic mass is 32.1. The summed E-state index contributed by atoms with van der Waals surface area (Å²) in [4.78, 5) is 34.2. The summed E-state index contributed by atoms with van der Waals surface area (Å²) in [6.45, 7) is 3.25. The van der Waals surface area contributed by atoms with Gasteiger partial charge >= 0.3 is 6.18 Å². The van der Waals surface area contributed by atoms with E-state index in [1.165, 1.54) is 34.6 Å². The minimum absolute atomic E-state index is 0.0108. The molecule has 2 amide bonds. The van der Waals surface area contributed by atoms with Crippen molar-refractivity contribution in [2.45, 2.75) is 71.4 Å². The number of rotatable bonds is 4. The number of carbonyl (C=O) groups excluding carboxylic acids is 2. The SMILES string of the molecule is Cc1nc2nc(C(F)(F)F)nn2c(C)c1CCC(=O)NNC(=O)c1cc2c(s1)CCCCCC2. The molecule has 8 nitrogen and oxygen atoms in total. The van der Waals surface area contributed by atoms with Crippen molar-refractivity contribution in [3.8, 4) is 0 Å². The van der Waals surface area contributed by atoms with E-state index in [9.17, 15) is 22.8 Å². The first-order valence-electron chi connectivity index (χ1n) is 11.1. The second-order valence-corrected chi connectivity index (χ2v) is 9.52. The molecule has 4 rings (SSSR count). The Balaban J connectivity index is 1.37. The van der Waals surface area contributed by atoms with E-state index in [4.69, 9.17) is 0 Å². The van der Waals surface area contributed by atoms with Crippen LogP contribution in [0.5, 0.6) is 0 Å². The lowest BCUT2D eigenvalue weighted by molar-refractivity contribution is -0.144. The third-order valence-electron chi connectivity index (χ3n) is 5.94. The van der Waals surface area contributed by atoms with E-state index in [2.05, 4.69) is 25.9 Å². The Morgan fingerprint density at radius 2 is 1.82 bits per heavy atom. The largest absolute Gasteiger partial charge is 0.453 e. The Hall–Kier alpha value is -3.02. The first-order chi connectivity index (χ1) is 16.1. The van der Waals surface area contributed by atoms with Gasteiger partial charge in [-0.25, -0.2) is 9.50 Å². The molecule has 0 atom stereocenters. The van der Waals surface area contributed by atoms with Gasteiger partial charge in [0.05, 0.1) is 4.88 Å². The number of thiophene rings is 1. The van der Waals surface area contributed by atoms with Gasteiger partial charge in [0.2, 0.25) is 5.91 Å². The van der Waals surface area contributed by atoms with Crippen molar-refractivity contribution in [1.82, 2.24) is 30.4 Å². The van der Waals surface area contributed by atoms with E-state index in [-0.39, 0.29) is 24.5 Å². The van der Waals surface area contributed by atoms with Crippen LogP contribution in [0, 0.1) is 13.8 Å². The highest BCUT2D eigenvalue weighted by molar-refractivity contribution is 7.14. The summed E-state index contributed by atoms with van der Waals surface area (Å²) in [5, 5.41) is 3.51. The molecule has 1 aliphatic rings. The minimum atomic E-state index is -4.67. The van der Waals surface area contributed by atoms with Gasteiger partial charge in [-0.2, -0.15) is 18.2 Å². The van der Waals surface area contributed by atoms with E-state index >= 15 is 0 Å². The van der Waals surface area contributed by atoms with E-state index in [0.717, 1.165) is 30.2 Å². The van der Waals surface area contributed by atoms with Gasteiger partial charge in [-0.3, -0.25) is 20.4 Å². The maximum absolute atomic E-state index is 12.9. The van der Waals surface area contributed by atoms with Gasteiger partial charge in [-0.1, -0.05) is 12.8 Å². The van der Waals surface area contributed by atoms with Crippen LogP contribution in [0.4, 0.5) is 13.2 Å². The number of nitrogens with zero attached hydrogens (tertiary/aromatic N) is 4. The Morgan fingerprint density at radius 3 is 2.56 bits per heavy atom. The molecular weight excluding hydrogens is 469 g/mol. The molecule has 0 saturated heterocycles. The molecule has 34 heavy (non-hydrogen) atoms. The minimum Gasteiger partial charge on any atom is -0.273 e. The lowest BCUT2D eigenvalue weighted by atomic mass is 10.00. The Kier molecular flexibility index (Phi) is 6.87. The fraction of sp³-hybridized carbons (Fsp3) is 0.500. The van der Waals surface area contributed by atoms with Gasteiger partial charge < -0.3 is 0 Å². The van der Waals surface area contributed by atoms with Crippen LogP contribution in [-0.4, -0.2) is 31.4 Å². The van der Waals surface area contributed by atoms with Crippen LogP contribution in [0.25, 0.3) is 5.78 Å². The number of hydrazine groups is 1. The molecule has 3 aromatic heterocycles. The number of halogens is 3. The summed E-state index contributed by atoms with van der Waals surface area (Å²) in [7, 11) is 0. The molecule has 1 aliphatic carbocycles. The molecular formula is C22H25F3N6O2S. The Bertz CT molecular complexity index is 1210. The van der Waals surface area contributed by atoms with Crippen molar-refractivity contribution < 1.29 is 22.8 Å². The summed E-state index contributed by atoms with van der Waals surface area (Å²) in [6, 6.07) is 1.91. The summed E-state index contributed by atoms with van der Waals surface area (Å²) >= 11 is 1.47. The Labute approximate surface area is 198 Å². The summed E-state index contributed by atoms with van der Waals surface area (Å²) in [6.07, 6.45) is 2.15. The fourth-order valence-corrected chi connectivity index (χ4v) is 5.28. The summed E-state index contributed by atoms with van der Waals surface area (Å²) in [5.74, 6) is -2.19. The van der Waals surface area contributed by atoms with Crippen LogP contribution in [0.1, 0.15) is 75.0 Å². The average Bonchev–Trinajstić information content (AvgIpc) is 3.36. The monoisotopic (exact) mass is 494 g/mol. The van der Waals surface area contributed by atoms with Gasteiger partial charge in [-0.05, 0) is 63.1 Å². The Morgan fingerprint density at radius 1 is 1.09 bits per heavy atom. The van der Waals surface area contributed by atoms with Crippen LogP contribution in [0.3, 0.4) is 0 Å². The highest BCUT2D eigenvalue weighted by Crippen LogP contribution is 2.29. The molecule has 0 unspecified atom stereocenters. The van der Waals surface area contributed by atoms with Crippen molar-refractivity contribution in [3.05, 3.63) is 44.2 Å². The number of hydrogen-bond acceptors (Lipinski definition) is 6. The van der Waals surface area contributed by atoms with Crippen molar-refractivity contribution in [2.24, 2.45) is 0 Å². The van der Waals surface area contributed by atoms with Gasteiger partial charge in [0.25, 0.3) is 17.5 Å². The van der Waals surface area contributed by atoms with Crippen molar-refractivity contribution in [2.75, 3.05) is 0 Å². The quantitative estimate of drug-likeness (QED) is 0.536. The van der Waals surface area contributed by atoms with E-state index in [1.54, 1.807) is 13.8 Å². The first-order valence-corrected chi connectivity index (χ1v) is 12.0. The zero-order valence-electron chi connectivity index (χ0n) is 18.9. The van der Waals surface area contributed by atoms with Gasteiger partial charge in [0, 0.05) is 22.7 Å². The van der Waals surface area contributed by atoms with Gasteiger partial charge in [0.1, 0.15) is 0 Å². The van der Waals surface area contributed by atoms with E-state index in [1.807, 2.05) is 6.07 Å². The molecule has 0 spiro atoms. The van der Waals surface area contributed by atoms with Crippen molar-refractivity contribution in [1.29, 1.82) is 0 Å². The van der Waals surface area contributed by atoms with Crippen LogP contribution in [0.15, 0.2) is 6.07 Å². The van der Waals surface area contributed by atoms with Crippen LogP contribution >= 0.6 is 11.3 Å². The zero-order valence-corrected chi connectivity index (χ0v) is 19.7. The van der Waals surface area contributed by atoms with Crippen LogP contribution in [0.2, 0.25) is 0 Å². The number of aryl methyl sites for hydroxylation is 4. The maximum Gasteiger partial charge on any atom is 0.453 e. The molecule has 0 aliphatic heterocycles. The fourth-order valence-electron chi connectivity index (χ4n) is 4.14. The smallest absolute Gasteiger partial charge is 0.273 e. The number of nitrogens with one attached hydrogen (secondary N) is 2. The second-order valence-electron chi connectivity index (χ2n) is 8.38. The number of aromatic nitrogens is 4. The van der Waals surface area contributed by atoms with E-state index < -0.39 is 17.9 Å². The molecule has 0 bridgehead atoms. The van der Waals surface area contributed by atoms with E-state index in [0.29, 0.717) is 21.8 Å². The first kappa shape index (κ1) is 24.1. The number of alkyl halides is 3. The summed E-state index contributed by atoms with van der Waals surface area (Å²) in [5.41, 5.74) is 7.60. The zero-order chi connectivity index (χ0) is 24.5. The molecule has 3 heterocycles. The molecule has 3 aromatic rings. The number of fused-ring (bicyclic) bond motifs is 2.